The quantitative estimate of drug-likeness (QED) is 0.795. The fourth-order valence-electron chi connectivity index (χ4n) is 2.36. The van der Waals surface area contributed by atoms with Gasteiger partial charge in [-0.15, -0.1) is 0 Å². The second-order valence-electron chi connectivity index (χ2n) is 4.76. The lowest BCUT2D eigenvalue weighted by Gasteiger charge is -2.36. The molecule has 0 spiro atoms. The van der Waals surface area contributed by atoms with Crippen LogP contribution in [-0.4, -0.2) is 41.6 Å². The van der Waals surface area contributed by atoms with Gasteiger partial charge in [0.1, 0.15) is 6.04 Å². The maximum atomic E-state index is 12.1. The number of piperidine rings is 1. The van der Waals surface area contributed by atoms with Gasteiger partial charge in [0, 0.05) is 6.54 Å². The Labute approximate surface area is 95.5 Å². The topological polar surface area (TPSA) is 74.7 Å². The minimum atomic E-state index is -3.36. The van der Waals surface area contributed by atoms with E-state index in [-0.39, 0.29) is 11.2 Å². The Hall–Kier alpha value is -0.620. The van der Waals surface area contributed by atoms with Crippen molar-refractivity contribution < 1.29 is 18.3 Å². The van der Waals surface area contributed by atoms with Crippen LogP contribution in [0.4, 0.5) is 0 Å². The summed E-state index contributed by atoms with van der Waals surface area (Å²) < 4.78 is 25.4. The molecule has 1 saturated carbocycles. The first-order valence-corrected chi connectivity index (χ1v) is 7.18. The number of hydrogen-bond donors (Lipinski definition) is 1. The van der Waals surface area contributed by atoms with Crippen LogP contribution in [0, 0.1) is 5.92 Å². The van der Waals surface area contributed by atoms with E-state index in [0.29, 0.717) is 19.4 Å². The van der Waals surface area contributed by atoms with E-state index in [2.05, 4.69) is 0 Å². The Morgan fingerprint density at radius 3 is 2.44 bits per heavy atom. The number of carbonyl (C=O) groups is 1. The normalized spacial score (nSPS) is 32.6. The van der Waals surface area contributed by atoms with E-state index in [9.17, 15) is 13.2 Å². The third-order valence-electron chi connectivity index (χ3n) is 3.41. The van der Waals surface area contributed by atoms with Crippen molar-refractivity contribution in [3.05, 3.63) is 0 Å². The summed E-state index contributed by atoms with van der Waals surface area (Å²) in [6.45, 7) is 2.17. The Balaban J connectivity index is 2.26. The van der Waals surface area contributed by atoms with E-state index in [1.807, 2.05) is 6.92 Å². The molecule has 92 valence electrons. The minimum absolute atomic E-state index is 0.0974. The van der Waals surface area contributed by atoms with Gasteiger partial charge in [0.15, 0.2) is 0 Å². The van der Waals surface area contributed by atoms with Crippen LogP contribution in [0.2, 0.25) is 0 Å². The minimum Gasteiger partial charge on any atom is -0.480 e. The number of carboxylic acid groups (broad SMARTS) is 1. The van der Waals surface area contributed by atoms with Gasteiger partial charge in [-0.25, -0.2) is 8.42 Å². The fraction of sp³-hybridized carbons (Fsp3) is 0.900. The number of aliphatic carboxylic acids is 1. The van der Waals surface area contributed by atoms with Crippen molar-refractivity contribution in [2.24, 2.45) is 5.92 Å². The fourth-order valence-corrected chi connectivity index (χ4v) is 4.47. The lowest BCUT2D eigenvalue weighted by Crippen LogP contribution is -2.52. The van der Waals surface area contributed by atoms with Crippen molar-refractivity contribution in [3.8, 4) is 0 Å². The zero-order valence-electron chi connectivity index (χ0n) is 9.30. The van der Waals surface area contributed by atoms with E-state index in [1.165, 1.54) is 4.31 Å². The average Bonchev–Trinajstić information content (AvgIpc) is 2.99. The smallest absolute Gasteiger partial charge is 0.322 e. The largest absolute Gasteiger partial charge is 0.480 e. The first-order valence-electron chi connectivity index (χ1n) is 5.68. The second kappa shape index (κ2) is 4.00. The van der Waals surface area contributed by atoms with Gasteiger partial charge in [-0.05, 0) is 31.6 Å². The van der Waals surface area contributed by atoms with Crippen molar-refractivity contribution in [2.75, 3.05) is 6.54 Å². The molecular weight excluding hydrogens is 230 g/mol. The van der Waals surface area contributed by atoms with Gasteiger partial charge in [-0.2, -0.15) is 4.31 Å². The van der Waals surface area contributed by atoms with Crippen LogP contribution in [0.15, 0.2) is 0 Å². The molecule has 2 unspecified atom stereocenters. The van der Waals surface area contributed by atoms with Crippen LogP contribution in [0.5, 0.6) is 0 Å². The first-order chi connectivity index (χ1) is 7.44. The molecule has 16 heavy (non-hydrogen) atoms. The van der Waals surface area contributed by atoms with Gasteiger partial charge >= 0.3 is 5.97 Å². The summed E-state index contributed by atoms with van der Waals surface area (Å²) >= 11 is 0. The van der Waals surface area contributed by atoms with E-state index in [0.717, 1.165) is 12.8 Å². The lowest BCUT2D eigenvalue weighted by atomic mass is 9.93. The molecule has 6 heteroatoms. The van der Waals surface area contributed by atoms with Crippen molar-refractivity contribution in [3.63, 3.8) is 0 Å². The van der Waals surface area contributed by atoms with E-state index in [1.54, 1.807) is 0 Å². The SMILES string of the molecule is CC1CCCN(S(=O)(=O)C2CC2)C1C(=O)O. The molecule has 0 amide bonds. The molecular formula is C10H17NO4S. The van der Waals surface area contributed by atoms with Crippen LogP contribution >= 0.6 is 0 Å². The average molecular weight is 247 g/mol. The van der Waals surface area contributed by atoms with Crippen LogP contribution in [0.25, 0.3) is 0 Å². The Morgan fingerprint density at radius 2 is 1.94 bits per heavy atom. The molecule has 0 aromatic heterocycles. The molecule has 1 aliphatic heterocycles. The van der Waals surface area contributed by atoms with Gasteiger partial charge in [-0.1, -0.05) is 6.92 Å². The van der Waals surface area contributed by atoms with Crippen molar-refractivity contribution in [2.45, 2.75) is 43.9 Å². The molecule has 0 aromatic carbocycles. The standard InChI is InChI=1S/C10H17NO4S/c1-7-3-2-6-11(9(7)10(12)13)16(14,15)8-4-5-8/h7-9H,2-6H2,1H3,(H,12,13). The zero-order valence-corrected chi connectivity index (χ0v) is 10.1. The van der Waals surface area contributed by atoms with Gasteiger partial charge in [0.25, 0.3) is 0 Å². The summed E-state index contributed by atoms with van der Waals surface area (Å²) in [6.07, 6.45) is 2.91. The molecule has 1 N–H and O–H groups in total. The molecule has 0 aromatic rings. The maximum Gasteiger partial charge on any atom is 0.322 e. The summed E-state index contributed by atoms with van der Waals surface area (Å²) in [5, 5.41) is 8.82. The predicted octanol–water partition coefficient (Wildman–Crippen LogP) is 0.664. The molecule has 5 nitrogen and oxygen atoms in total. The highest BCUT2D eigenvalue weighted by Gasteiger charge is 2.47. The summed E-state index contributed by atoms with van der Waals surface area (Å²) in [5.41, 5.74) is 0. The number of carboxylic acids is 1. The third kappa shape index (κ3) is 1.96. The lowest BCUT2D eigenvalue weighted by molar-refractivity contribution is -0.144. The Morgan fingerprint density at radius 1 is 1.31 bits per heavy atom. The number of hydrogen-bond acceptors (Lipinski definition) is 3. The molecule has 0 bridgehead atoms. The van der Waals surface area contributed by atoms with Gasteiger partial charge in [0.05, 0.1) is 5.25 Å². The predicted molar refractivity (Wildman–Crippen MR) is 58.5 cm³/mol. The molecule has 0 radical (unpaired) electrons. The molecule has 1 aliphatic carbocycles. The highest BCUT2D eigenvalue weighted by Crippen LogP contribution is 2.35. The molecule has 2 rings (SSSR count). The van der Waals surface area contributed by atoms with Crippen molar-refractivity contribution in [1.82, 2.24) is 4.31 Å². The maximum absolute atomic E-state index is 12.1. The Kier molecular flexibility index (Phi) is 2.96. The van der Waals surface area contributed by atoms with Gasteiger partial charge in [-0.3, -0.25) is 4.79 Å². The molecule has 2 atom stereocenters. The Bertz CT molecular complexity index is 388. The van der Waals surface area contributed by atoms with Crippen molar-refractivity contribution in [1.29, 1.82) is 0 Å². The van der Waals surface area contributed by atoms with Crippen LogP contribution in [0.3, 0.4) is 0 Å². The highest BCUT2D eigenvalue weighted by molar-refractivity contribution is 7.90. The zero-order chi connectivity index (χ0) is 11.9. The van der Waals surface area contributed by atoms with E-state index < -0.39 is 22.0 Å². The number of sulfonamides is 1. The molecule has 2 aliphatic rings. The molecule has 1 heterocycles. The number of nitrogens with zero attached hydrogens (tertiary/aromatic N) is 1. The van der Waals surface area contributed by atoms with E-state index >= 15 is 0 Å². The first kappa shape index (κ1) is 11.9. The van der Waals surface area contributed by atoms with E-state index in [4.69, 9.17) is 5.11 Å². The third-order valence-corrected chi connectivity index (χ3v) is 5.79. The van der Waals surface area contributed by atoms with Gasteiger partial charge < -0.3 is 5.11 Å². The second-order valence-corrected chi connectivity index (χ2v) is 6.92. The molecule has 2 fully saturated rings. The van der Waals surface area contributed by atoms with Crippen LogP contribution in [0.1, 0.15) is 32.6 Å². The van der Waals surface area contributed by atoms with Crippen LogP contribution in [-0.2, 0) is 14.8 Å². The van der Waals surface area contributed by atoms with Crippen LogP contribution < -0.4 is 0 Å². The number of rotatable bonds is 3. The molecule has 1 saturated heterocycles. The summed E-state index contributed by atoms with van der Waals surface area (Å²) in [7, 11) is -3.36. The van der Waals surface area contributed by atoms with Crippen molar-refractivity contribution >= 4 is 16.0 Å². The summed E-state index contributed by atoms with van der Waals surface area (Å²) in [4.78, 5) is 11.2. The highest BCUT2D eigenvalue weighted by atomic mass is 32.2. The monoisotopic (exact) mass is 247 g/mol. The van der Waals surface area contributed by atoms with Gasteiger partial charge in [0.2, 0.25) is 10.0 Å². The summed E-state index contributed by atoms with van der Waals surface area (Å²) in [6, 6.07) is -0.862. The summed E-state index contributed by atoms with van der Waals surface area (Å²) in [5.74, 6) is -1.11.